The molecular weight excluding hydrogens is 332 g/mol. The first-order chi connectivity index (χ1) is 10.1. The van der Waals surface area contributed by atoms with Crippen molar-refractivity contribution in [3.8, 4) is 5.75 Å². The molecule has 2 rings (SSSR count). The second-order valence-electron chi connectivity index (χ2n) is 5.17. The number of aromatic amines is 1. The van der Waals surface area contributed by atoms with Crippen molar-refractivity contribution in [1.29, 1.82) is 0 Å². The standard InChI is InChI=1S/C16H21BrN2O2/c1-3-12(4-2)11-21-15-6-5-14(17)9-13(15)10-19-8-7-16(20)18-19/h5-9,12H,3-4,10-11H2,1-2H3,(H,18,20). The van der Waals surface area contributed by atoms with Crippen LogP contribution in [0.3, 0.4) is 0 Å². The van der Waals surface area contributed by atoms with Crippen molar-refractivity contribution >= 4 is 15.9 Å². The summed E-state index contributed by atoms with van der Waals surface area (Å²) >= 11 is 3.49. The van der Waals surface area contributed by atoms with Gasteiger partial charge >= 0.3 is 0 Å². The lowest BCUT2D eigenvalue weighted by atomic mass is 10.1. The highest BCUT2D eigenvalue weighted by molar-refractivity contribution is 9.10. The van der Waals surface area contributed by atoms with Crippen molar-refractivity contribution in [3.63, 3.8) is 0 Å². The maximum Gasteiger partial charge on any atom is 0.264 e. The zero-order chi connectivity index (χ0) is 15.2. The number of rotatable bonds is 7. The van der Waals surface area contributed by atoms with E-state index in [4.69, 9.17) is 4.74 Å². The molecule has 0 aliphatic rings. The Labute approximate surface area is 133 Å². The van der Waals surface area contributed by atoms with Gasteiger partial charge in [-0.1, -0.05) is 42.6 Å². The Hall–Kier alpha value is -1.49. The molecule has 0 saturated heterocycles. The molecule has 0 unspecified atom stereocenters. The number of aromatic nitrogens is 2. The Balaban J connectivity index is 2.15. The number of benzene rings is 1. The molecule has 1 aromatic heterocycles. The molecule has 0 atom stereocenters. The predicted octanol–water partition coefficient (Wildman–Crippen LogP) is 3.80. The summed E-state index contributed by atoms with van der Waals surface area (Å²) in [7, 11) is 0. The highest BCUT2D eigenvalue weighted by Gasteiger charge is 2.09. The Morgan fingerprint density at radius 1 is 1.29 bits per heavy atom. The van der Waals surface area contributed by atoms with Crippen molar-refractivity contribution in [2.45, 2.75) is 33.2 Å². The topological polar surface area (TPSA) is 47.0 Å². The van der Waals surface area contributed by atoms with Gasteiger partial charge in [0.05, 0.1) is 13.2 Å². The van der Waals surface area contributed by atoms with E-state index in [2.05, 4.69) is 34.9 Å². The van der Waals surface area contributed by atoms with Gasteiger partial charge in [0.1, 0.15) is 5.75 Å². The van der Waals surface area contributed by atoms with Crippen LogP contribution in [0.25, 0.3) is 0 Å². The van der Waals surface area contributed by atoms with Crippen molar-refractivity contribution in [1.82, 2.24) is 9.78 Å². The average Bonchev–Trinajstić information content (AvgIpc) is 2.87. The van der Waals surface area contributed by atoms with Crippen LogP contribution in [-0.2, 0) is 6.54 Å². The van der Waals surface area contributed by atoms with E-state index in [1.807, 2.05) is 18.2 Å². The number of halogens is 1. The lowest BCUT2D eigenvalue weighted by Crippen LogP contribution is -2.12. The maximum atomic E-state index is 11.2. The minimum Gasteiger partial charge on any atom is -0.493 e. The molecule has 0 saturated carbocycles. The third-order valence-corrected chi connectivity index (χ3v) is 4.15. The van der Waals surface area contributed by atoms with E-state index >= 15 is 0 Å². The molecular formula is C16H21BrN2O2. The number of H-pyrrole nitrogens is 1. The summed E-state index contributed by atoms with van der Waals surface area (Å²) in [5, 5.41) is 2.75. The van der Waals surface area contributed by atoms with Crippen LogP contribution in [0.1, 0.15) is 32.3 Å². The number of hydrogen-bond donors (Lipinski definition) is 1. The SMILES string of the molecule is CCC(CC)COc1ccc(Br)cc1Cn1ccc(=O)[nH]1. The summed E-state index contributed by atoms with van der Waals surface area (Å²) in [5.74, 6) is 1.45. The average molecular weight is 353 g/mol. The first-order valence-electron chi connectivity index (χ1n) is 7.29. The lowest BCUT2D eigenvalue weighted by Gasteiger charge is -2.17. The number of nitrogens with one attached hydrogen (secondary N) is 1. The summed E-state index contributed by atoms with van der Waals surface area (Å²) < 4.78 is 8.75. The summed E-state index contributed by atoms with van der Waals surface area (Å²) in [4.78, 5) is 11.2. The molecule has 1 N–H and O–H groups in total. The van der Waals surface area contributed by atoms with Gasteiger partial charge in [-0.3, -0.25) is 14.6 Å². The van der Waals surface area contributed by atoms with Crippen LogP contribution < -0.4 is 10.3 Å². The molecule has 4 nitrogen and oxygen atoms in total. The van der Waals surface area contributed by atoms with Crippen LogP contribution in [0.15, 0.2) is 39.7 Å². The largest absolute Gasteiger partial charge is 0.493 e. The third-order valence-electron chi connectivity index (χ3n) is 3.65. The molecule has 1 heterocycles. The Kier molecular flexibility index (Phi) is 5.67. The summed E-state index contributed by atoms with van der Waals surface area (Å²) in [5.41, 5.74) is 0.951. The van der Waals surface area contributed by atoms with Crippen LogP contribution in [0.4, 0.5) is 0 Å². The Bertz CT molecular complexity index is 629. The summed E-state index contributed by atoms with van der Waals surface area (Å²) in [6, 6.07) is 7.50. The maximum absolute atomic E-state index is 11.2. The van der Waals surface area contributed by atoms with Gasteiger partial charge < -0.3 is 4.74 Å². The van der Waals surface area contributed by atoms with Gasteiger partial charge in [-0.15, -0.1) is 0 Å². The van der Waals surface area contributed by atoms with Crippen LogP contribution >= 0.6 is 15.9 Å². The van der Waals surface area contributed by atoms with Crippen LogP contribution in [0, 0.1) is 5.92 Å². The molecule has 114 valence electrons. The van der Waals surface area contributed by atoms with Crippen molar-refractivity contribution < 1.29 is 4.74 Å². The third kappa shape index (κ3) is 4.49. The fraction of sp³-hybridized carbons (Fsp3) is 0.438. The van der Waals surface area contributed by atoms with Crippen LogP contribution in [-0.4, -0.2) is 16.4 Å². The number of nitrogens with zero attached hydrogens (tertiary/aromatic N) is 1. The smallest absolute Gasteiger partial charge is 0.264 e. The quantitative estimate of drug-likeness (QED) is 0.823. The number of hydrogen-bond acceptors (Lipinski definition) is 2. The highest BCUT2D eigenvalue weighted by atomic mass is 79.9. The van der Waals surface area contributed by atoms with E-state index in [0.29, 0.717) is 12.5 Å². The molecule has 0 amide bonds. The molecule has 1 aromatic carbocycles. The Morgan fingerprint density at radius 2 is 2.05 bits per heavy atom. The Morgan fingerprint density at radius 3 is 2.67 bits per heavy atom. The van der Waals surface area contributed by atoms with Crippen LogP contribution in [0.5, 0.6) is 5.75 Å². The van der Waals surface area contributed by atoms with E-state index in [9.17, 15) is 4.79 Å². The van der Waals surface area contributed by atoms with Crippen molar-refractivity contribution in [3.05, 3.63) is 50.9 Å². The number of ether oxygens (including phenoxy) is 1. The minimum absolute atomic E-state index is 0.0931. The molecule has 0 fully saturated rings. The zero-order valence-electron chi connectivity index (χ0n) is 12.4. The summed E-state index contributed by atoms with van der Waals surface area (Å²) in [6.45, 7) is 5.68. The molecule has 5 heteroatoms. The summed E-state index contributed by atoms with van der Waals surface area (Å²) in [6.07, 6.45) is 3.98. The van der Waals surface area contributed by atoms with Crippen LogP contribution in [0.2, 0.25) is 0 Å². The fourth-order valence-corrected chi connectivity index (χ4v) is 2.60. The van der Waals surface area contributed by atoms with Gasteiger partial charge in [0.2, 0.25) is 0 Å². The first kappa shape index (κ1) is 15.9. The van der Waals surface area contributed by atoms with Gasteiger partial charge in [0.25, 0.3) is 5.56 Å². The molecule has 0 aliphatic carbocycles. The predicted molar refractivity (Wildman–Crippen MR) is 87.9 cm³/mol. The van der Waals surface area contributed by atoms with Crippen molar-refractivity contribution in [2.24, 2.45) is 5.92 Å². The molecule has 0 spiro atoms. The second kappa shape index (κ2) is 7.50. The van der Waals surface area contributed by atoms with E-state index in [0.717, 1.165) is 35.2 Å². The highest BCUT2D eigenvalue weighted by Crippen LogP contribution is 2.25. The lowest BCUT2D eigenvalue weighted by molar-refractivity contribution is 0.238. The van der Waals surface area contributed by atoms with Crippen molar-refractivity contribution in [2.75, 3.05) is 6.61 Å². The van der Waals surface area contributed by atoms with E-state index in [1.165, 1.54) is 6.07 Å². The molecule has 0 bridgehead atoms. The van der Waals surface area contributed by atoms with E-state index in [1.54, 1.807) is 10.9 Å². The molecule has 0 aliphatic heterocycles. The minimum atomic E-state index is -0.0931. The molecule has 21 heavy (non-hydrogen) atoms. The van der Waals surface area contributed by atoms with Gasteiger partial charge in [-0.2, -0.15) is 0 Å². The monoisotopic (exact) mass is 352 g/mol. The fourth-order valence-electron chi connectivity index (χ4n) is 2.19. The normalized spacial score (nSPS) is 11.0. The van der Waals surface area contributed by atoms with E-state index < -0.39 is 0 Å². The van der Waals surface area contributed by atoms with Gasteiger partial charge in [0.15, 0.2) is 0 Å². The van der Waals surface area contributed by atoms with Gasteiger partial charge in [-0.25, -0.2) is 0 Å². The first-order valence-corrected chi connectivity index (χ1v) is 8.08. The van der Waals surface area contributed by atoms with Gasteiger partial charge in [-0.05, 0) is 24.1 Å². The molecule has 2 aromatic rings. The van der Waals surface area contributed by atoms with Gasteiger partial charge in [0, 0.05) is 22.3 Å². The second-order valence-corrected chi connectivity index (χ2v) is 6.08. The zero-order valence-corrected chi connectivity index (χ0v) is 14.0. The molecule has 0 radical (unpaired) electrons. The van der Waals surface area contributed by atoms with E-state index in [-0.39, 0.29) is 5.56 Å².